The second-order valence-corrected chi connectivity index (χ2v) is 8.64. The van der Waals surface area contributed by atoms with Gasteiger partial charge < -0.3 is 10.1 Å². The van der Waals surface area contributed by atoms with Gasteiger partial charge in [0.1, 0.15) is 0 Å². The van der Waals surface area contributed by atoms with Crippen molar-refractivity contribution in [2.45, 2.75) is 31.0 Å². The molecule has 1 aliphatic heterocycles. The minimum atomic E-state index is -4.50. The number of nitrogens with zero attached hydrogens (tertiary/aromatic N) is 1. The molecular formula is C26H27F3N2O3. The molecule has 1 aliphatic rings. The highest BCUT2D eigenvalue weighted by Crippen LogP contribution is 2.36. The predicted molar refractivity (Wildman–Crippen MR) is 123 cm³/mol. The van der Waals surface area contributed by atoms with E-state index in [1.165, 1.54) is 29.8 Å². The van der Waals surface area contributed by atoms with Crippen molar-refractivity contribution in [3.63, 3.8) is 0 Å². The number of anilines is 1. The van der Waals surface area contributed by atoms with Crippen LogP contribution in [0.2, 0.25) is 0 Å². The Bertz CT molecular complexity index is 1080. The number of nitrogens with one attached hydrogen (secondary N) is 1. The van der Waals surface area contributed by atoms with Gasteiger partial charge in [-0.2, -0.15) is 13.2 Å². The molecule has 8 heteroatoms. The van der Waals surface area contributed by atoms with Crippen molar-refractivity contribution >= 4 is 5.69 Å². The monoisotopic (exact) mass is 472 g/mol. The van der Waals surface area contributed by atoms with Gasteiger partial charge in [0.2, 0.25) is 0 Å². The van der Waals surface area contributed by atoms with Crippen molar-refractivity contribution in [1.29, 1.82) is 0 Å². The number of hydrogen-bond acceptors (Lipinski definition) is 5. The molecule has 4 rings (SSSR count). The highest BCUT2D eigenvalue weighted by Gasteiger charge is 2.34. The van der Waals surface area contributed by atoms with Gasteiger partial charge in [0, 0.05) is 5.41 Å². The van der Waals surface area contributed by atoms with Gasteiger partial charge in [-0.3, -0.25) is 10.4 Å². The number of rotatable bonds is 7. The molecule has 34 heavy (non-hydrogen) atoms. The topological polar surface area (TPSA) is 65.0 Å². The molecule has 1 saturated heterocycles. The Hall–Kier alpha value is -2.91. The van der Waals surface area contributed by atoms with Crippen LogP contribution >= 0.6 is 0 Å². The van der Waals surface area contributed by atoms with E-state index < -0.39 is 11.7 Å². The Morgan fingerprint density at radius 3 is 2.18 bits per heavy atom. The molecule has 0 atom stereocenters. The first-order valence-corrected chi connectivity index (χ1v) is 11.1. The Kier molecular flexibility index (Phi) is 7.23. The second-order valence-electron chi connectivity index (χ2n) is 8.64. The van der Waals surface area contributed by atoms with Crippen molar-refractivity contribution in [3.8, 4) is 11.1 Å². The SMILES string of the molecule is ON(O)c1ccc(-c2cc(COCC3(c4ccccc4)CCNCC3)cc(C(F)(F)F)c2)cc1. The average molecular weight is 473 g/mol. The van der Waals surface area contributed by atoms with Crippen LogP contribution in [0.4, 0.5) is 18.9 Å². The van der Waals surface area contributed by atoms with E-state index in [1.54, 1.807) is 6.07 Å². The molecule has 0 saturated carbocycles. The van der Waals surface area contributed by atoms with E-state index in [0.717, 1.165) is 38.1 Å². The summed E-state index contributed by atoms with van der Waals surface area (Å²) in [5, 5.41) is 21.5. The van der Waals surface area contributed by atoms with Crippen LogP contribution in [0, 0.1) is 0 Å². The summed E-state index contributed by atoms with van der Waals surface area (Å²) >= 11 is 0. The van der Waals surface area contributed by atoms with Crippen LogP contribution in [0.3, 0.4) is 0 Å². The van der Waals surface area contributed by atoms with E-state index in [9.17, 15) is 13.2 Å². The molecule has 1 heterocycles. The minimum absolute atomic E-state index is 0.0431. The molecule has 3 aromatic rings. The lowest BCUT2D eigenvalue weighted by Gasteiger charge is -2.38. The molecule has 1 fully saturated rings. The van der Waals surface area contributed by atoms with Crippen LogP contribution < -0.4 is 10.5 Å². The lowest BCUT2D eigenvalue weighted by atomic mass is 9.74. The number of ether oxygens (including phenoxy) is 1. The zero-order valence-corrected chi connectivity index (χ0v) is 18.6. The molecule has 0 amide bonds. The van der Waals surface area contributed by atoms with Crippen LogP contribution in [0.25, 0.3) is 11.1 Å². The van der Waals surface area contributed by atoms with Gasteiger partial charge in [0.15, 0.2) is 0 Å². The third-order valence-electron chi connectivity index (χ3n) is 6.35. The predicted octanol–water partition coefficient (Wildman–Crippen LogP) is 5.80. The van der Waals surface area contributed by atoms with E-state index in [0.29, 0.717) is 23.3 Å². The lowest BCUT2D eigenvalue weighted by molar-refractivity contribution is -0.137. The van der Waals surface area contributed by atoms with Crippen LogP contribution in [-0.4, -0.2) is 30.1 Å². The maximum Gasteiger partial charge on any atom is 0.416 e. The Morgan fingerprint density at radius 2 is 1.56 bits per heavy atom. The quantitative estimate of drug-likeness (QED) is 0.380. The zero-order valence-electron chi connectivity index (χ0n) is 18.6. The van der Waals surface area contributed by atoms with Gasteiger partial charge in [-0.25, -0.2) is 0 Å². The fourth-order valence-corrected chi connectivity index (χ4v) is 4.47. The first-order chi connectivity index (χ1) is 16.3. The molecule has 0 bridgehead atoms. The summed E-state index contributed by atoms with van der Waals surface area (Å²) in [7, 11) is 0. The molecule has 0 aromatic heterocycles. The molecule has 3 aromatic carbocycles. The maximum absolute atomic E-state index is 13.6. The molecule has 180 valence electrons. The first kappa shape index (κ1) is 24.2. The molecule has 5 nitrogen and oxygen atoms in total. The Morgan fingerprint density at radius 1 is 0.882 bits per heavy atom. The van der Waals surface area contributed by atoms with E-state index in [4.69, 9.17) is 15.2 Å². The van der Waals surface area contributed by atoms with Crippen molar-refractivity contribution < 1.29 is 28.3 Å². The number of halogens is 3. The third kappa shape index (κ3) is 5.59. The average Bonchev–Trinajstić information content (AvgIpc) is 2.84. The van der Waals surface area contributed by atoms with E-state index in [1.807, 2.05) is 18.2 Å². The van der Waals surface area contributed by atoms with Gasteiger partial charge in [-0.05, 0) is 78.5 Å². The molecule has 3 N–H and O–H groups in total. The van der Waals surface area contributed by atoms with E-state index >= 15 is 0 Å². The fourth-order valence-electron chi connectivity index (χ4n) is 4.47. The van der Waals surface area contributed by atoms with Crippen molar-refractivity contribution in [2.24, 2.45) is 0 Å². The summed E-state index contributed by atoms with van der Waals surface area (Å²) in [6.07, 6.45) is -2.72. The molecule has 0 aliphatic carbocycles. The van der Waals surface area contributed by atoms with Crippen molar-refractivity contribution in [2.75, 3.05) is 24.9 Å². The fraction of sp³-hybridized carbons (Fsp3) is 0.308. The van der Waals surface area contributed by atoms with Crippen molar-refractivity contribution in [1.82, 2.24) is 5.32 Å². The summed E-state index contributed by atoms with van der Waals surface area (Å²) < 4.78 is 46.9. The lowest BCUT2D eigenvalue weighted by Crippen LogP contribution is -2.43. The van der Waals surface area contributed by atoms with Crippen LogP contribution in [0.5, 0.6) is 0 Å². The van der Waals surface area contributed by atoms with Gasteiger partial charge >= 0.3 is 6.18 Å². The van der Waals surface area contributed by atoms with E-state index in [-0.39, 0.29) is 22.9 Å². The summed E-state index contributed by atoms with van der Waals surface area (Å²) in [5.74, 6) is 0. The Balaban J connectivity index is 1.57. The summed E-state index contributed by atoms with van der Waals surface area (Å²) in [6, 6.07) is 19.9. The maximum atomic E-state index is 13.6. The molecular weight excluding hydrogens is 445 g/mol. The summed E-state index contributed by atoms with van der Waals surface area (Å²) in [5.41, 5.74) is 1.69. The van der Waals surface area contributed by atoms with Crippen molar-refractivity contribution in [3.05, 3.63) is 89.5 Å². The van der Waals surface area contributed by atoms with Crippen LogP contribution in [0.15, 0.2) is 72.8 Å². The standard InChI is InChI=1S/C26H27F3N2O3/c27-26(28,29)23-15-19(14-21(16-23)20-6-8-24(9-7-20)31(32)33)17-34-18-25(10-12-30-13-11-25)22-4-2-1-3-5-22/h1-9,14-16,30,32-33H,10-13,17-18H2. The second kappa shape index (κ2) is 10.1. The van der Waals surface area contributed by atoms with Gasteiger partial charge in [0.05, 0.1) is 24.5 Å². The van der Waals surface area contributed by atoms with Crippen LogP contribution in [0.1, 0.15) is 29.5 Å². The number of alkyl halides is 3. The van der Waals surface area contributed by atoms with Gasteiger partial charge in [-0.15, -0.1) is 5.23 Å². The molecule has 0 unspecified atom stereocenters. The summed E-state index contributed by atoms with van der Waals surface area (Å²) in [4.78, 5) is 0. The summed E-state index contributed by atoms with van der Waals surface area (Å²) in [6.45, 7) is 2.20. The van der Waals surface area contributed by atoms with Gasteiger partial charge in [-0.1, -0.05) is 42.5 Å². The highest BCUT2D eigenvalue weighted by atomic mass is 19.4. The van der Waals surface area contributed by atoms with E-state index in [2.05, 4.69) is 17.4 Å². The Labute approximate surface area is 196 Å². The van der Waals surface area contributed by atoms with Gasteiger partial charge in [0.25, 0.3) is 0 Å². The minimum Gasteiger partial charge on any atom is -0.376 e. The largest absolute Gasteiger partial charge is 0.416 e. The molecule has 0 spiro atoms. The zero-order chi connectivity index (χ0) is 24.2. The first-order valence-electron chi connectivity index (χ1n) is 11.1. The number of piperidine rings is 1. The smallest absolute Gasteiger partial charge is 0.376 e. The third-order valence-corrected chi connectivity index (χ3v) is 6.35. The van der Waals surface area contributed by atoms with Crippen LogP contribution in [-0.2, 0) is 22.9 Å². The molecule has 0 radical (unpaired) electrons. The normalized spacial score (nSPS) is 15.8. The number of hydrogen-bond donors (Lipinski definition) is 3. The number of benzene rings is 3. The highest BCUT2D eigenvalue weighted by molar-refractivity contribution is 5.67.